The molecule has 0 saturated carbocycles. The lowest BCUT2D eigenvalue weighted by molar-refractivity contribution is -0.129. The molecule has 0 radical (unpaired) electrons. The molecule has 0 spiro atoms. The van der Waals surface area contributed by atoms with Crippen molar-refractivity contribution in [1.29, 1.82) is 0 Å². The van der Waals surface area contributed by atoms with Gasteiger partial charge >= 0.3 is 0 Å². The summed E-state index contributed by atoms with van der Waals surface area (Å²) < 4.78 is 5.11. The number of carbonyl (C=O) groups excluding carboxylic acids is 1. The van der Waals surface area contributed by atoms with Crippen molar-refractivity contribution >= 4 is 17.7 Å². The number of hydrogen-bond donors (Lipinski definition) is 1. The molecule has 0 aromatic carbocycles. The van der Waals surface area contributed by atoms with Gasteiger partial charge in [0, 0.05) is 38.2 Å². The predicted octanol–water partition coefficient (Wildman–Crippen LogP) is -0.122. The highest BCUT2D eigenvalue weighted by Crippen LogP contribution is 2.26. The Kier molecular flexibility index (Phi) is 2.88. The molecule has 1 atom stereocenters. The molecule has 2 fully saturated rings. The van der Waals surface area contributed by atoms with E-state index in [2.05, 4.69) is 14.9 Å². The molecule has 0 aliphatic carbocycles. The number of anilines is 2. The third-order valence-corrected chi connectivity index (χ3v) is 3.73. The molecule has 1 aromatic heterocycles. The number of fused-ring (bicyclic) bond motifs is 1. The number of nitrogens with two attached hydrogens (primary N) is 1. The molecule has 1 amide bonds. The van der Waals surface area contributed by atoms with E-state index in [1.165, 1.54) is 0 Å². The summed E-state index contributed by atoms with van der Waals surface area (Å²) in [7, 11) is 1.55. The normalized spacial score (nSPS) is 22.6. The fraction of sp³-hybridized carbons (Fsp3) is 0.583. The maximum Gasteiger partial charge on any atom is 0.225 e. The van der Waals surface area contributed by atoms with Crippen molar-refractivity contribution in [2.75, 3.05) is 37.4 Å². The number of rotatable bonds is 2. The van der Waals surface area contributed by atoms with Crippen LogP contribution in [0.3, 0.4) is 0 Å². The SMILES string of the molecule is COc1cc(N2CCN3C(=O)CCC3C2)nc(N)n1. The van der Waals surface area contributed by atoms with E-state index in [0.29, 0.717) is 18.3 Å². The molecule has 0 bridgehead atoms. The van der Waals surface area contributed by atoms with Crippen molar-refractivity contribution in [3.63, 3.8) is 0 Å². The van der Waals surface area contributed by atoms with Crippen LogP contribution in [0.2, 0.25) is 0 Å². The van der Waals surface area contributed by atoms with Crippen LogP contribution in [0.25, 0.3) is 0 Å². The minimum Gasteiger partial charge on any atom is -0.481 e. The van der Waals surface area contributed by atoms with Crippen molar-refractivity contribution in [1.82, 2.24) is 14.9 Å². The predicted molar refractivity (Wildman–Crippen MR) is 69.9 cm³/mol. The van der Waals surface area contributed by atoms with E-state index >= 15 is 0 Å². The fourth-order valence-corrected chi connectivity index (χ4v) is 2.77. The van der Waals surface area contributed by atoms with Gasteiger partial charge in [0.2, 0.25) is 17.7 Å². The molecular formula is C12H17N5O2. The van der Waals surface area contributed by atoms with Crippen LogP contribution in [0.15, 0.2) is 6.07 Å². The number of nitrogen functional groups attached to an aromatic ring is 1. The topological polar surface area (TPSA) is 84.6 Å². The summed E-state index contributed by atoms with van der Waals surface area (Å²) in [4.78, 5) is 24.0. The Labute approximate surface area is 111 Å². The lowest BCUT2D eigenvalue weighted by Gasteiger charge is -2.38. The molecule has 102 valence electrons. The molecule has 1 unspecified atom stereocenters. The van der Waals surface area contributed by atoms with E-state index in [-0.39, 0.29) is 11.9 Å². The Bertz CT molecular complexity index is 507. The van der Waals surface area contributed by atoms with Crippen molar-refractivity contribution < 1.29 is 9.53 Å². The van der Waals surface area contributed by atoms with Crippen molar-refractivity contribution in [2.45, 2.75) is 18.9 Å². The van der Waals surface area contributed by atoms with Gasteiger partial charge in [-0.2, -0.15) is 9.97 Å². The lowest BCUT2D eigenvalue weighted by Crippen LogP contribution is -2.51. The number of ether oxygens (including phenoxy) is 1. The Hall–Kier alpha value is -2.05. The van der Waals surface area contributed by atoms with Crippen LogP contribution in [0.5, 0.6) is 5.88 Å². The zero-order valence-corrected chi connectivity index (χ0v) is 10.9. The minimum absolute atomic E-state index is 0.208. The zero-order chi connectivity index (χ0) is 13.4. The van der Waals surface area contributed by atoms with Gasteiger partial charge in [-0.1, -0.05) is 0 Å². The average molecular weight is 263 g/mol. The summed E-state index contributed by atoms with van der Waals surface area (Å²) in [5.41, 5.74) is 5.68. The second kappa shape index (κ2) is 4.56. The Balaban J connectivity index is 1.80. The first-order chi connectivity index (χ1) is 9.17. The second-order valence-corrected chi connectivity index (χ2v) is 4.85. The quantitative estimate of drug-likeness (QED) is 0.800. The Morgan fingerprint density at radius 1 is 1.42 bits per heavy atom. The van der Waals surface area contributed by atoms with Crippen LogP contribution in [0.1, 0.15) is 12.8 Å². The van der Waals surface area contributed by atoms with Crippen molar-refractivity contribution in [3.8, 4) is 5.88 Å². The monoisotopic (exact) mass is 263 g/mol. The van der Waals surface area contributed by atoms with E-state index in [1.54, 1.807) is 13.2 Å². The van der Waals surface area contributed by atoms with Gasteiger partial charge in [0.1, 0.15) is 5.82 Å². The molecule has 2 N–H and O–H groups in total. The van der Waals surface area contributed by atoms with E-state index in [9.17, 15) is 4.79 Å². The number of hydrogen-bond acceptors (Lipinski definition) is 6. The summed E-state index contributed by atoms with van der Waals surface area (Å²) in [5, 5.41) is 0. The number of piperazine rings is 1. The van der Waals surface area contributed by atoms with Gasteiger partial charge in [0.25, 0.3) is 0 Å². The van der Waals surface area contributed by atoms with Gasteiger partial charge in [-0.05, 0) is 6.42 Å². The van der Waals surface area contributed by atoms with E-state index in [1.807, 2.05) is 4.90 Å². The number of methoxy groups -OCH3 is 1. The third kappa shape index (κ3) is 2.16. The highest BCUT2D eigenvalue weighted by atomic mass is 16.5. The standard InChI is InChI=1S/C12H17N5O2/c1-19-10-6-9(14-12(13)15-10)16-4-5-17-8(7-16)2-3-11(17)18/h6,8H,2-5,7H2,1H3,(H2,13,14,15). The summed E-state index contributed by atoms with van der Waals surface area (Å²) in [6, 6.07) is 2.08. The van der Waals surface area contributed by atoms with E-state index < -0.39 is 0 Å². The summed E-state index contributed by atoms with van der Waals surface area (Å²) in [5.74, 6) is 1.71. The van der Waals surface area contributed by atoms with Crippen molar-refractivity contribution in [2.24, 2.45) is 0 Å². The molecule has 7 heteroatoms. The lowest BCUT2D eigenvalue weighted by atomic mass is 10.1. The highest BCUT2D eigenvalue weighted by molar-refractivity contribution is 5.79. The molecule has 2 aliphatic rings. The zero-order valence-electron chi connectivity index (χ0n) is 10.9. The molecule has 3 heterocycles. The highest BCUT2D eigenvalue weighted by Gasteiger charge is 2.35. The molecule has 1 aromatic rings. The van der Waals surface area contributed by atoms with Crippen LogP contribution in [-0.4, -0.2) is 53.6 Å². The van der Waals surface area contributed by atoms with Gasteiger partial charge in [-0.3, -0.25) is 4.79 Å². The molecule has 2 saturated heterocycles. The minimum atomic E-state index is 0.208. The van der Waals surface area contributed by atoms with Gasteiger partial charge in [-0.25, -0.2) is 0 Å². The average Bonchev–Trinajstić information content (AvgIpc) is 2.79. The van der Waals surface area contributed by atoms with Crippen LogP contribution < -0.4 is 15.4 Å². The van der Waals surface area contributed by atoms with Gasteiger partial charge in [-0.15, -0.1) is 0 Å². The third-order valence-electron chi connectivity index (χ3n) is 3.73. The largest absolute Gasteiger partial charge is 0.481 e. The first-order valence-electron chi connectivity index (χ1n) is 6.40. The molecule has 3 rings (SSSR count). The second-order valence-electron chi connectivity index (χ2n) is 4.85. The molecule has 19 heavy (non-hydrogen) atoms. The summed E-state index contributed by atoms with van der Waals surface area (Å²) in [6.45, 7) is 2.31. The smallest absolute Gasteiger partial charge is 0.225 e. The first-order valence-corrected chi connectivity index (χ1v) is 6.40. The van der Waals surface area contributed by atoms with Crippen LogP contribution in [-0.2, 0) is 4.79 Å². The van der Waals surface area contributed by atoms with Crippen molar-refractivity contribution in [3.05, 3.63) is 6.07 Å². The van der Waals surface area contributed by atoms with Gasteiger partial charge in [0.05, 0.1) is 7.11 Å². The van der Waals surface area contributed by atoms with Gasteiger partial charge in [0.15, 0.2) is 0 Å². The first kappa shape index (κ1) is 12.0. The number of carbonyl (C=O) groups is 1. The summed E-state index contributed by atoms with van der Waals surface area (Å²) >= 11 is 0. The molecule has 2 aliphatic heterocycles. The maximum absolute atomic E-state index is 11.6. The van der Waals surface area contributed by atoms with E-state index in [0.717, 1.165) is 31.9 Å². The van der Waals surface area contributed by atoms with Gasteiger partial charge < -0.3 is 20.3 Å². The maximum atomic E-state index is 11.6. The number of nitrogens with zero attached hydrogens (tertiary/aromatic N) is 4. The van der Waals surface area contributed by atoms with Crippen LogP contribution in [0.4, 0.5) is 11.8 Å². The fourth-order valence-electron chi connectivity index (χ4n) is 2.77. The number of aromatic nitrogens is 2. The number of amides is 1. The Morgan fingerprint density at radius 3 is 3.05 bits per heavy atom. The van der Waals surface area contributed by atoms with E-state index in [4.69, 9.17) is 10.5 Å². The van der Waals surface area contributed by atoms with Crippen LogP contribution >= 0.6 is 0 Å². The summed E-state index contributed by atoms with van der Waals surface area (Å²) in [6.07, 6.45) is 1.58. The van der Waals surface area contributed by atoms with Crippen LogP contribution in [0, 0.1) is 0 Å². The molecular weight excluding hydrogens is 246 g/mol. The molecule has 7 nitrogen and oxygen atoms in total. The Morgan fingerprint density at radius 2 is 2.26 bits per heavy atom.